The van der Waals surface area contributed by atoms with Gasteiger partial charge in [0.2, 0.25) is 0 Å². The first-order chi connectivity index (χ1) is 11.7. The maximum absolute atomic E-state index is 13.2. The van der Waals surface area contributed by atoms with Gasteiger partial charge < -0.3 is 15.0 Å². The first-order valence-corrected chi connectivity index (χ1v) is 8.31. The lowest BCUT2D eigenvalue weighted by atomic mass is 9.98. The van der Waals surface area contributed by atoms with Gasteiger partial charge in [-0.05, 0) is 51.7 Å². The normalized spacial score (nSPS) is 17.9. The Hall–Kier alpha value is -2.38. The molecule has 25 heavy (non-hydrogen) atoms. The summed E-state index contributed by atoms with van der Waals surface area (Å²) in [5.74, 6) is -0.503. The van der Waals surface area contributed by atoms with Gasteiger partial charge in [-0.3, -0.25) is 10.1 Å². The average Bonchev–Trinajstić information content (AvgIpc) is 2.52. The van der Waals surface area contributed by atoms with Crippen molar-refractivity contribution in [1.29, 1.82) is 0 Å². The highest BCUT2D eigenvalue weighted by Crippen LogP contribution is 2.26. The van der Waals surface area contributed by atoms with E-state index in [1.165, 1.54) is 12.1 Å². The first kappa shape index (κ1) is 19.0. The van der Waals surface area contributed by atoms with Crippen LogP contribution in [0.2, 0.25) is 0 Å². The number of carbonyl (C=O) groups is 1. The Labute approximate surface area is 146 Å². The Morgan fingerprint density at radius 1 is 1.48 bits per heavy atom. The molecule has 0 aliphatic carbocycles. The van der Waals surface area contributed by atoms with Crippen molar-refractivity contribution in [3.8, 4) is 0 Å². The zero-order valence-corrected chi connectivity index (χ0v) is 14.8. The van der Waals surface area contributed by atoms with Crippen LogP contribution in [0, 0.1) is 21.8 Å². The van der Waals surface area contributed by atoms with Crippen LogP contribution in [0.4, 0.5) is 20.6 Å². The van der Waals surface area contributed by atoms with Gasteiger partial charge in [0.15, 0.2) is 0 Å². The molecule has 2 rings (SSSR count). The number of rotatable bonds is 4. The molecule has 0 bridgehead atoms. The van der Waals surface area contributed by atoms with Gasteiger partial charge in [0.1, 0.15) is 17.1 Å². The van der Waals surface area contributed by atoms with Crippen molar-refractivity contribution < 1.29 is 18.8 Å². The number of benzene rings is 1. The fourth-order valence-electron chi connectivity index (χ4n) is 2.78. The summed E-state index contributed by atoms with van der Waals surface area (Å²) in [5.41, 5.74) is -0.558. The van der Waals surface area contributed by atoms with Crippen LogP contribution in [-0.2, 0) is 4.74 Å². The zero-order chi connectivity index (χ0) is 18.6. The molecule has 1 unspecified atom stereocenters. The molecule has 1 saturated heterocycles. The van der Waals surface area contributed by atoms with Crippen molar-refractivity contribution in [1.82, 2.24) is 4.90 Å². The van der Waals surface area contributed by atoms with E-state index in [0.29, 0.717) is 19.6 Å². The van der Waals surface area contributed by atoms with Crippen LogP contribution in [0.25, 0.3) is 0 Å². The molecule has 1 heterocycles. The van der Waals surface area contributed by atoms with E-state index in [4.69, 9.17) is 4.74 Å². The number of likely N-dealkylation sites (tertiary alicyclic amines) is 1. The third-order valence-electron chi connectivity index (χ3n) is 3.91. The fourth-order valence-corrected chi connectivity index (χ4v) is 2.78. The van der Waals surface area contributed by atoms with Crippen LogP contribution < -0.4 is 5.32 Å². The van der Waals surface area contributed by atoms with Gasteiger partial charge in [-0.1, -0.05) is 0 Å². The van der Waals surface area contributed by atoms with Gasteiger partial charge in [0.05, 0.1) is 11.0 Å². The minimum Gasteiger partial charge on any atom is -0.444 e. The predicted molar refractivity (Wildman–Crippen MR) is 92.1 cm³/mol. The second-order valence-electron chi connectivity index (χ2n) is 7.23. The van der Waals surface area contributed by atoms with Gasteiger partial charge in [-0.15, -0.1) is 0 Å². The molecular weight excluding hydrogens is 329 g/mol. The highest BCUT2D eigenvalue weighted by molar-refractivity contribution is 5.68. The smallest absolute Gasteiger partial charge is 0.410 e. The molecule has 0 aromatic heterocycles. The number of hydrogen-bond donors (Lipinski definition) is 1. The number of nitro benzene ring substituents is 1. The number of amides is 1. The molecular formula is C17H24FN3O4. The van der Waals surface area contributed by atoms with Crippen LogP contribution in [0.3, 0.4) is 0 Å². The van der Waals surface area contributed by atoms with Crippen LogP contribution in [0.5, 0.6) is 0 Å². The lowest BCUT2D eigenvalue weighted by Crippen LogP contribution is -2.44. The van der Waals surface area contributed by atoms with Crippen molar-refractivity contribution in [3.63, 3.8) is 0 Å². The maximum Gasteiger partial charge on any atom is 0.410 e. The molecule has 0 spiro atoms. The van der Waals surface area contributed by atoms with Crippen molar-refractivity contribution in [2.24, 2.45) is 5.92 Å². The Bertz CT molecular complexity index is 645. The molecule has 8 heteroatoms. The van der Waals surface area contributed by atoms with E-state index in [2.05, 4.69) is 5.32 Å². The summed E-state index contributed by atoms with van der Waals surface area (Å²) in [6, 6.07) is 3.45. The van der Waals surface area contributed by atoms with Crippen molar-refractivity contribution >= 4 is 17.5 Å². The topological polar surface area (TPSA) is 84.7 Å². The molecule has 1 aliphatic rings. The van der Waals surface area contributed by atoms with E-state index in [0.717, 1.165) is 18.9 Å². The number of piperidine rings is 1. The zero-order valence-electron chi connectivity index (χ0n) is 14.8. The number of ether oxygens (including phenoxy) is 1. The monoisotopic (exact) mass is 353 g/mol. The fraction of sp³-hybridized carbons (Fsp3) is 0.588. The van der Waals surface area contributed by atoms with Crippen molar-refractivity contribution in [3.05, 3.63) is 34.1 Å². The minimum atomic E-state index is -0.647. The van der Waals surface area contributed by atoms with E-state index in [1.807, 2.05) is 20.8 Å². The lowest BCUT2D eigenvalue weighted by molar-refractivity contribution is -0.384. The van der Waals surface area contributed by atoms with Crippen molar-refractivity contribution in [2.75, 3.05) is 25.0 Å². The van der Waals surface area contributed by atoms with Crippen molar-refractivity contribution in [2.45, 2.75) is 39.2 Å². The Morgan fingerprint density at radius 2 is 2.20 bits per heavy atom. The highest BCUT2D eigenvalue weighted by Gasteiger charge is 2.28. The Kier molecular flexibility index (Phi) is 5.81. The molecule has 1 amide bonds. The van der Waals surface area contributed by atoms with Gasteiger partial charge >= 0.3 is 6.09 Å². The number of nitrogens with one attached hydrogen (secondary N) is 1. The van der Waals surface area contributed by atoms with E-state index in [1.54, 1.807) is 4.90 Å². The summed E-state index contributed by atoms with van der Waals surface area (Å²) in [6.07, 6.45) is 1.41. The second-order valence-corrected chi connectivity index (χ2v) is 7.23. The number of carbonyl (C=O) groups excluding carboxylic acids is 1. The minimum absolute atomic E-state index is 0.144. The molecule has 1 aliphatic heterocycles. The van der Waals surface area contributed by atoms with Gasteiger partial charge in [-0.25, -0.2) is 9.18 Å². The molecule has 1 atom stereocenters. The summed E-state index contributed by atoms with van der Waals surface area (Å²) in [5, 5.41) is 14.0. The number of nitrogens with zero attached hydrogens (tertiary/aromatic N) is 2. The summed E-state index contributed by atoms with van der Waals surface area (Å²) in [6.45, 7) is 7.09. The Morgan fingerprint density at radius 3 is 2.84 bits per heavy atom. The second kappa shape index (κ2) is 7.67. The third kappa shape index (κ3) is 5.58. The predicted octanol–water partition coefficient (Wildman–Crippen LogP) is 3.79. The largest absolute Gasteiger partial charge is 0.444 e. The van der Waals surface area contributed by atoms with Gasteiger partial charge in [0.25, 0.3) is 5.69 Å². The van der Waals surface area contributed by atoms with E-state index >= 15 is 0 Å². The van der Waals surface area contributed by atoms with Crippen LogP contribution in [-0.4, -0.2) is 41.2 Å². The summed E-state index contributed by atoms with van der Waals surface area (Å²) in [4.78, 5) is 24.3. The summed E-state index contributed by atoms with van der Waals surface area (Å²) >= 11 is 0. The lowest BCUT2D eigenvalue weighted by Gasteiger charge is -2.34. The van der Waals surface area contributed by atoms with E-state index < -0.39 is 16.3 Å². The first-order valence-electron chi connectivity index (χ1n) is 8.31. The number of hydrogen-bond acceptors (Lipinski definition) is 5. The highest BCUT2D eigenvalue weighted by atomic mass is 19.1. The standard InChI is InChI=1S/C17H24FN3O4/c1-17(2,3)25-16(22)20-8-4-5-12(11-20)10-19-14-7-6-13(18)9-15(14)21(23)24/h6-7,9,12,19H,4-5,8,10-11H2,1-3H3. The molecule has 1 aromatic carbocycles. The van der Waals surface area contributed by atoms with E-state index in [-0.39, 0.29) is 23.4 Å². The molecule has 0 saturated carbocycles. The molecule has 1 N–H and O–H groups in total. The van der Waals surface area contributed by atoms with Gasteiger partial charge in [0, 0.05) is 19.6 Å². The number of anilines is 1. The molecule has 138 valence electrons. The SMILES string of the molecule is CC(C)(C)OC(=O)N1CCCC(CNc2ccc(F)cc2[N+](=O)[O-])C1. The third-order valence-corrected chi connectivity index (χ3v) is 3.91. The average molecular weight is 353 g/mol. The quantitative estimate of drug-likeness (QED) is 0.657. The summed E-state index contributed by atoms with van der Waals surface area (Å²) < 4.78 is 18.6. The number of nitro groups is 1. The molecule has 1 fully saturated rings. The van der Waals surface area contributed by atoms with Crippen LogP contribution in [0.1, 0.15) is 33.6 Å². The molecule has 7 nitrogen and oxygen atoms in total. The van der Waals surface area contributed by atoms with E-state index in [9.17, 15) is 19.3 Å². The molecule has 1 aromatic rings. The maximum atomic E-state index is 13.2. The Balaban J connectivity index is 1.95. The van der Waals surface area contributed by atoms with Gasteiger partial charge in [-0.2, -0.15) is 0 Å². The van der Waals surface area contributed by atoms with Crippen LogP contribution in [0.15, 0.2) is 18.2 Å². The summed E-state index contributed by atoms with van der Waals surface area (Å²) in [7, 11) is 0. The van der Waals surface area contributed by atoms with Crippen LogP contribution >= 0.6 is 0 Å². The molecule has 0 radical (unpaired) electrons. The number of halogens is 1.